The van der Waals surface area contributed by atoms with Crippen LogP contribution in [0.3, 0.4) is 0 Å². The largest absolute Gasteiger partial charge is 0.379 e. The number of anilines is 1. The number of ether oxygens (including phenoxy) is 1. The van der Waals surface area contributed by atoms with Gasteiger partial charge in [0.2, 0.25) is 5.91 Å². The molecule has 1 N–H and O–H groups in total. The smallest absolute Gasteiger partial charge is 0.288 e. The fourth-order valence-corrected chi connectivity index (χ4v) is 3.34. The van der Waals surface area contributed by atoms with E-state index < -0.39 is 5.76 Å². The number of thioether (sulfide) groups is 1. The predicted molar refractivity (Wildman–Crippen MR) is 101 cm³/mol. The number of nitriles is 1. The summed E-state index contributed by atoms with van der Waals surface area (Å²) in [5.74, 6) is -2.83. The normalized spacial score (nSPS) is 15.1. The highest BCUT2D eigenvalue weighted by Gasteiger charge is 2.16. The van der Waals surface area contributed by atoms with Crippen molar-refractivity contribution in [2.24, 2.45) is 0 Å². The molecule has 0 unspecified atom stereocenters. The highest BCUT2D eigenvalue weighted by Crippen LogP contribution is 2.31. The summed E-state index contributed by atoms with van der Waals surface area (Å²) >= 11 is 0.406. The number of halogens is 2. The maximum absolute atomic E-state index is 12.7. The van der Waals surface area contributed by atoms with Gasteiger partial charge in [-0.2, -0.15) is 14.0 Å². The van der Waals surface area contributed by atoms with Gasteiger partial charge in [0.05, 0.1) is 31.5 Å². The fraction of sp³-hybridized carbons (Fsp3) is 0.556. The lowest BCUT2D eigenvalue weighted by atomic mass is 10.3. The second-order valence-corrected chi connectivity index (χ2v) is 7.09. The molecule has 0 bridgehead atoms. The number of para-hydroxylation sites is 1. The number of benzene rings is 1. The quantitative estimate of drug-likeness (QED) is 0.611. The maximum atomic E-state index is 12.7. The molecule has 0 atom stereocenters. The highest BCUT2D eigenvalue weighted by atomic mass is 32.2. The van der Waals surface area contributed by atoms with Crippen LogP contribution in [0.2, 0.25) is 0 Å². The molecule has 9 heteroatoms. The van der Waals surface area contributed by atoms with Crippen LogP contribution in [0, 0.1) is 11.3 Å². The van der Waals surface area contributed by atoms with Gasteiger partial charge in [0, 0.05) is 44.0 Å². The molecule has 1 fully saturated rings. The van der Waals surface area contributed by atoms with Crippen molar-refractivity contribution in [3.05, 3.63) is 24.3 Å². The molecule has 0 aromatic heterocycles. The van der Waals surface area contributed by atoms with Gasteiger partial charge in [0.15, 0.2) is 0 Å². The number of nitrogens with zero attached hydrogens (tertiary/aromatic N) is 3. The Labute approximate surface area is 162 Å². The number of carbonyl (C=O) groups is 1. The van der Waals surface area contributed by atoms with E-state index in [-0.39, 0.29) is 12.5 Å². The summed E-state index contributed by atoms with van der Waals surface area (Å²) in [6.45, 7) is 5.17. The molecule has 0 radical (unpaired) electrons. The van der Waals surface area contributed by atoms with E-state index >= 15 is 0 Å². The number of amides is 1. The average molecular weight is 398 g/mol. The monoisotopic (exact) mass is 398 g/mol. The summed E-state index contributed by atoms with van der Waals surface area (Å²) in [6, 6.07) is 8.60. The Morgan fingerprint density at radius 2 is 2.07 bits per heavy atom. The van der Waals surface area contributed by atoms with Crippen molar-refractivity contribution < 1.29 is 18.3 Å². The summed E-state index contributed by atoms with van der Waals surface area (Å²) in [4.78, 5) is 16.9. The van der Waals surface area contributed by atoms with Crippen LogP contribution in [0.1, 0.15) is 6.42 Å². The molecule has 0 aliphatic carbocycles. The lowest BCUT2D eigenvalue weighted by Gasteiger charge is -2.29. The topological polar surface area (TPSA) is 68.6 Å². The summed E-state index contributed by atoms with van der Waals surface area (Å²) in [5.41, 5.74) is 0.376. The molecule has 148 valence electrons. The summed E-state index contributed by atoms with van der Waals surface area (Å²) in [5, 5.41) is 11.6. The van der Waals surface area contributed by atoms with Gasteiger partial charge in [-0.05, 0) is 12.1 Å². The molecule has 1 amide bonds. The standard InChI is InChI=1S/C18H24F2N4O2S/c19-18(20)27-16-5-2-1-4-15(16)22-17(25)14-24(7-3-6-21)9-8-23-10-12-26-13-11-23/h1-2,4-5,18H,3,7-14H2,(H,22,25). The minimum absolute atomic E-state index is 0.111. The van der Waals surface area contributed by atoms with Crippen LogP contribution in [0.5, 0.6) is 0 Å². The average Bonchev–Trinajstić information content (AvgIpc) is 2.66. The van der Waals surface area contributed by atoms with Crippen molar-refractivity contribution in [2.45, 2.75) is 17.1 Å². The van der Waals surface area contributed by atoms with E-state index in [1.54, 1.807) is 24.3 Å². The zero-order chi connectivity index (χ0) is 19.5. The minimum Gasteiger partial charge on any atom is -0.379 e. The first-order valence-electron chi connectivity index (χ1n) is 8.81. The van der Waals surface area contributed by atoms with Crippen molar-refractivity contribution in [1.82, 2.24) is 9.80 Å². The number of nitrogens with one attached hydrogen (secondary N) is 1. The van der Waals surface area contributed by atoms with Crippen molar-refractivity contribution in [3.8, 4) is 6.07 Å². The Morgan fingerprint density at radius 3 is 2.78 bits per heavy atom. The van der Waals surface area contributed by atoms with Gasteiger partial charge in [0.1, 0.15) is 0 Å². The van der Waals surface area contributed by atoms with Crippen LogP contribution in [0.15, 0.2) is 29.2 Å². The Morgan fingerprint density at radius 1 is 1.33 bits per heavy atom. The third kappa shape index (κ3) is 8.22. The second-order valence-electron chi connectivity index (χ2n) is 6.06. The van der Waals surface area contributed by atoms with E-state index in [9.17, 15) is 13.6 Å². The number of alkyl halides is 2. The highest BCUT2D eigenvalue weighted by molar-refractivity contribution is 7.99. The summed E-state index contributed by atoms with van der Waals surface area (Å²) in [6.07, 6.45) is 0.328. The van der Waals surface area contributed by atoms with Gasteiger partial charge < -0.3 is 10.1 Å². The van der Waals surface area contributed by atoms with Crippen molar-refractivity contribution >= 4 is 23.4 Å². The van der Waals surface area contributed by atoms with Gasteiger partial charge in [0.25, 0.3) is 5.76 Å². The van der Waals surface area contributed by atoms with E-state index in [1.807, 2.05) is 4.90 Å². The molecule has 0 spiro atoms. The van der Waals surface area contributed by atoms with Crippen LogP contribution < -0.4 is 5.32 Å². The van der Waals surface area contributed by atoms with Gasteiger partial charge in [-0.25, -0.2) is 0 Å². The number of morpholine rings is 1. The van der Waals surface area contributed by atoms with Gasteiger partial charge in [-0.1, -0.05) is 23.9 Å². The molecule has 27 heavy (non-hydrogen) atoms. The van der Waals surface area contributed by atoms with Crippen molar-refractivity contribution in [3.63, 3.8) is 0 Å². The second kappa shape index (κ2) is 11.9. The zero-order valence-corrected chi connectivity index (χ0v) is 15.9. The minimum atomic E-state index is -2.55. The Balaban J connectivity index is 1.89. The van der Waals surface area contributed by atoms with Crippen molar-refractivity contribution in [2.75, 3.05) is 57.8 Å². The molecule has 1 heterocycles. The number of rotatable bonds is 10. The molecule has 1 aliphatic rings. The lowest BCUT2D eigenvalue weighted by molar-refractivity contribution is -0.117. The molecular weight excluding hydrogens is 374 g/mol. The SMILES string of the molecule is N#CCCN(CCN1CCOCC1)CC(=O)Nc1ccccc1SC(F)F. The number of hydrogen-bond acceptors (Lipinski definition) is 6. The van der Waals surface area contributed by atoms with E-state index in [4.69, 9.17) is 10.00 Å². The van der Waals surface area contributed by atoms with Crippen LogP contribution in [0.4, 0.5) is 14.5 Å². The Bertz CT molecular complexity index is 636. The third-order valence-corrected chi connectivity index (χ3v) is 4.91. The predicted octanol–water partition coefficient (Wildman–Crippen LogP) is 2.49. The molecule has 1 aromatic carbocycles. The molecule has 0 saturated carbocycles. The van der Waals surface area contributed by atoms with Crippen LogP contribution in [-0.4, -0.2) is 73.9 Å². The van der Waals surface area contributed by atoms with Crippen LogP contribution in [-0.2, 0) is 9.53 Å². The van der Waals surface area contributed by atoms with Crippen LogP contribution in [0.25, 0.3) is 0 Å². The van der Waals surface area contributed by atoms with E-state index in [0.29, 0.717) is 55.1 Å². The molecular formula is C18H24F2N4O2S. The first-order chi connectivity index (χ1) is 13.1. The van der Waals surface area contributed by atoms with Gasteiger partial charge >= 0.3 is 0 Å². The first kappa shape index (κ1) is 21.6. The number of carbonyl (C=O) groups excluding carboxylic acids is 1. The van der Waals surface area contributed by atoms with Gasteiger partial charge in [-0.3, -0.25) is 14.6 Å². The van der Waals surface area contributed by atoms with Crippen LogP contribution >= 0.6 is 11.8 Å². The van der Waals surface area contributed by atoms with E-state index in [2.05, 4.69) is 16.3 Å². The molecule has 1 aliphatic heterocycles. The molecule has 2 rings (SSSR count). The molecule has 6 nitrogen and oxygen atoms in total. The summed E-state index contributed by atoms with van der Waals surface area (Å²) < 4.78 is 30.6. The van der Waals surface area contributed by atoms with Gasteiger partial charge in [-0.15, -0.1) is 0 Å². The van der Waals surface area contributed by atoms with E-state index in [1.165, 1.54) is 0 Å². The molecule has 1 aromatic rings. The molecule has 1 saturated heterocycles. The summed E-state index contributed by atoms with van der Waals surface area (Å²) in [7, 11) is 0. The third-order valence-electron chi connectivity index (χ3n) is 4.12. The fourth-order valence-electron chi connectivity index (χ4n) is 2.75. The van der Waals surface area contributed by atoms with Crippen molar-refractivity contribution in [1.29, 1.82) is 5.26 Å². The first-order valence-corrected chi connectivity index (χ1v) is 9.69. The maximum Gasteiger partial charge on any atom is 0.288 e. The zero-order valence-electron chi connectivity index (χ0n) is 15.1. The Hall–Kier alpha value is -1.73. The lowest BCUT2D eigenvalue weighted by Crippen LogP contribution is -2.43. The van der Waals surface area contributed by atoms with E-state index in [0.717, 1.165) is 19.6 Å². The number of hydrogen-bond donors (Lipinski definition) is 1. The Kier molecular flexibility index (Phi) is 9.48.